The molecular formula is C90H112Br3Cl4N6PRu2-2. The van der Waals surface area contributed by atoms with E-state index in [1.165, 1.54) is 106 Å². The molecule has 14 rings (SSSR count). The van der Waals surface area contributed by atoms with E-state index in [2.05, 4.69) is 228 Å². The molecule has 4 heterocycles. The van der Waals surface area contributed by atoms with E-state index in [-0.39, 0.29) is 7.92 Å². The predicted molar refractivity (Wildman–Crippen MR) is 473 cm³/mol. The van der Waals surface area contributed by atoms with Gasteiger partial charge < -0.3 is 19.6 Å². The molecule has 0 N–H and O–H groups in total. The number of pyridine rings is 2. The Morgan fingerprint density at radius 2 is 0.651 bits per heavy atom. The van der Waals surface area contributed by atoms with Gasteiger partial charge in [0.05, 0.1) is 17.0 Å². The van der Waals surface area contributed by atoms with Crippen molar-refractivity contribution >= 4 is 126 Å². The number of nitrogens with zero attached hydrogens (tertiary/aromatic N) is 6. The van der Waals surface area contributed by atoms with Crippen LogP contribution in [0, 0.1) is 102 Å². The van der Waals surface area contributed by atoms with Gasteiger partial charge in [-0.05, 0) is 261 Å². The van der Waals surface area contributed by atoms with Crippen LogP contribution in [-0.4, -0.2) is 62.3 Å². The van der Waals surface area contributed by atoms with E-state index in [1.807, 2.05) is 118 Å². The molecule has 0 bridgehead atoms. The van der Waals surface area contributed by atoms with Crippen LogP contribution in [0.3, 0.4) is 0 Å². The van der Waals surface area contributed by atoms with E-state index < -0.39 is 27.0 Å². The first-order valence-corrected chi connectivity index (χ1v) is 52.4. The fourth-order valence-electron chi connectivity index (χ4n) is 15.8. The third-order valence-corrected chi connectivity index (χ3v) is 29.3. The van der Waals surface area contributed by atoms with E-state index >= 15 is 0 Å². The second-order valence-corrected chi connectivity index (χ2v) is 46.1. The van der Waals surface area contributed by atoms with Gasteiger partial charge >= 0.3 is 147 Å². The average Bonchev–Trinajstić information content (AvgIpc) is 1.64. The summed E-state index contributed by atoms with van der Waals surface area (Å²) in [4.78, 5) is 17.3. The fourth-order valence-corrected chi connectivity index (χ4v) is 25.5. The standard InChI is InChI=1S/2C21H27N2.C18H33P.2C7H6.C6H4Br.2C5H4BrN.4ClH.2Ru/c2*1-14-9-16(3)20(17(4)10-14)22-7-8-23(13-22)21-18(5)11-15(2)12-19(21)6;1-4-10-16(11-5-1)19(17-12-6-2-7-13-17)18-14-8-3-9-15-18;2*1-7-5-3-2-4-6-7;7-6-4-2-1-3-5-6;2*6-5-2-1-3-7-4-5;;;;;;/h2*9-13H,7-8H2,1-6H3;16-18H,1-15H2;2*1-6H;1-2,4-5H;2*1-4H;4*1H;;/q2*-1;;;;-1;;;;;;;2*+2/p-3. The molecule has 106 heavy (non-hydrogen) atoms. The molecule has 3 saturated carbocycles. The second kappa shape index (κ2) is 48.1. The molecule has 5 fully saturated rings. The molecule has 5 aliphatic rings. The number of aromatic nitrogens is 2. The zero-order chi connectivity index (χ0) is 76.5. The minimum atomic E-state index is -1.61. The molecule has 2 aliphatic heterocycles. The number of hydrogen-bond donors (Lipinski definition) is 0. The maximum absolute atomic E-state index is 5.67. The molecule has 0 spiro atoms. The molecule has 7 aromatic carbocycles. The number of benzene rings is 7. The van der Waals surface area contributed by atoms with Crippen molar-refractivity contribution < 1.29 is 27.0 Å². The molecule has 9 aromatic rings. The molecule has 6 nitrogen and oxygen atoms in total. The number of rotatable bonds is 9. The topological polar surface area (TPSA) is 38.7 Å². The monoisotopic (exact) mass is 1890 g/mol. The first-order valence-electron chi connectivity index (χ1n) is 37.4. The van der Waals surface area contributed by atoms with Crippen molar-refractivity contribution in [1.29, 1.82) is 0 Å². The van der Waals surface area contributed by atoms with Gasteiger partial charge in [0.25, 0.3) is 0 Å². The summed E-state index contributed by atoms with van der Waals surface area (Å²) in [6.07, 6.45) is 30.8. The summed E-state index contributed by atoms with van der Waals surface area (Å²) >= 11 is 6.55. The Balaban J connectivity index is 0.000000177. The van der Waals surface area contributed by atoms with Crippen LogP contribution in [0.1, 0.15) is 174 Å². The Morgan fingerprint density at radius 3 is 0.849 bits per heavy atom. The molecule has 2 aromatic heterocycles. The zero-order valence-electron chi connectivity index (χ0n) is 64.3. The van der Waals surface area contributed by atoms with Crippen LogP contribution in [-0.2, 0) is 27.0 Å². The summed E-state index contributed by atoms with van der Waals surface area (Å²) in [6, 6.07) is 56.2. The second-order valence-electron chi connectivity index (χ2n) is 28.5. The van der Waals surface area contributed by atoms with Gasteiger partial charge in [0.1, 0.15) is 0 Å². The summed E-state index contributed by atoms with van der Waals surface area (Å²) in [5.41, 5.74) is 27.6. The Morgan fingerprint density at radius 1 is 0.377 bits per heavy atom. The van der Waals surface area contributed by atoms with Crippen LogP contribution in [0.4, 0.5) is 22.7 Å². The first-order chi connectivity index (χ1) is 50.9. The third kappa shape index (κ3) is 31.0. The van der Waals surface area contributed by atoms with E-state index in [1.54, 1.807) is 121 Å². The molecule has 0 radical (unpaired) electrons. The zero-order valence-corrected chi connectivity index (χ0v) is 76.6. The maximum atomic E-state index is 5.67. The van der Waals surface area contributed by atoms with Crippen molar-refractivity contribution in [3.8, 4) is 0 Å². The molecule has 3 aliphatic carbocycles. The van der Waals surface area contributed by atoms with E-state index in [9.17, 15) is 0 Å². The van der Waals surface area contributed by atoms with E-state index in [0.29, 0.717) is 0 Å². The Labute approximate surface area is 691 Å². The molecular weight excluding hydrogens is 1780 g/mol. The molecule has 0 amide bonds. The average molecular weight is 1890 g/mol. The minimum absolute atomic E-state index is 0.0465. The Hall–Kier alpha value is -3.94. The normalized spacial score (nSPS) is 15.3. The van der Waals surface area contributed by atoms with Gasteiger partial charge in [0.2, 0.25) is 0 Å². The summed E-state index contributed by atoms with van der Waals surface area (Å²) in [5.74, 6) is 0. The summed E-state index contributed by atoms with van der Waals surface area (Å²) in [7, 11) is 22.6. The quantitative estimate of drug-likeness (QED) is 0.0815. The van der Waals surface area contributed by atoms with Crippen molar-refractivity contribution in [2.45, 2.75) is 196 Å². The van der Waals surface area contributed by atoms with Crippen LogP contribution in [0.25, 0.3) is 0 Å². The summed E-state index contributed by atoms with van der Waals surface area (Å²) < 4.78 is 6.97. The number of anilines is 4. The van der Waals surface area contributed by atoms with Crippen molar-refractivity contribution in [1.82, 2.24) is 9.97 Å². The van der Waals surface area contributed by atoms with E-state index in [4.69, 9.17) is 38.8 Å². The van der Waals surface area contributed by atoms with Crippen LogP contribution in [0.2, 0.25) is 0 Å². The fraction of sp³-hybridized carbons (Fsp3) is 0.378. The van der Waals surface area contributed by atoms with E-state index in [0.717, 1.165) is 50.7 Å². The molecule has 0 unspecified atom stereocenters. The van der Waals surface area contributed by atoms with Crippen molar-refractivity contribution in [2.24, 2.45) is 0 Å². The van der Waals surface area contributed by atoms with Crippen molar-refractivity contribution in [3.05, 3.63) is 293 Å². The molecule has 574 valence electrons. The van der Waals surface area contributed by atoms with Gasteiger partial charge in [0.15, 0.2) is 0 Å². The van der Waals surface area contributed by atoms with Crippen molar-refractivity contribution in [3.63, 3.8) is 0 Å². The number of halogens is 7. The van der Waals surface area contributed by atoms with Crippen LogP contribution >= 0.6 is 94.5 Å². The molecule has 0 atom stereocenters. The number of hydrogen-bond acceptors (Lipinski definition) is 6. The van der Waals surface area contributed by atoms with Gasteiger partial charge in [-0.15, -0.1) is 15.9 Å². The number of aryl methyl sites for hydroxylation is 12. The molecule has 16 heteroatoms. The Bertz CT molecular complexity index is 3590. The summed E-state index contributed by atoms with van der Waals surface area (Å²) in [6.45, 7) is 35.1. The SMILES string of the molecule is Brc1c[c-]ccc1.Brc1cccnc1.Brc1cccnc1.C1CCC([PH+](C2CCCCC2)C2CCCCC2)CC1.Cc1cc(C)c(N2[CH-]N(c3c(C)cc(C)cc3C)CC2)c(C)c1.Cc1cc(C)c(N2[CH-]N(c3c(C)cc(C)cc3C)CC2)c(C)c1.[Cl][Ru]([Cl])=[CH]c1ccccc1.[Cl][Ru]([Cl])=[CH]c1ccccc1. The Kier molecular flexibility index (Phi) is 40.5. The van der Waals surface area contributed by atoms with Crippen molar-refractivity contribution in [2.75, 3.05) is 45.8 Å². The summed E-state index contributed by atoms with van der Waals surface area (Å²) in [5, 5.41) is 0. The predicted octanol–water partition coefficient (Wildman–Crippen LogP) is 27.6. The van der Waals surface area contributed by atoms with Gasteiger partial charge in [0, 0.05) is 90.6 Å². The van der Waals surface area contributed by atoms with Gasteiger partial charge in [-0.1, -0.05) is 94.5 Å². The first kappa shape index (κ1) is 89.3. The van der Waals surface area contributed by atoms with Crippen LogP contribution in [0.5, 0.6) is 0 Å². The van der Waals surface area contributed by atoms with Gasteiger partial charge in [-0.25, -0.2) is 0 Å². The van der Waals surface area contributed by atoms with Gasteiger partial charge in [-0.2, -0.15) is 43.7 Å². The van der Waals surface area contributed by atoms with Gasteiger partial charge in [-0.3, -0.25) is 9.97 Å². The third-order valence-electron chi connectivity index (χ3n) is 19.6. The molecule has 2 saturated heterocycles. The van der Waals surface area contributed by atoms with Crippen LogP contribution < -0.4 is 19.6 Å². The van der Waals surface area contributed by atoms with Crippen LogP contribution in [0.15, 0.2) is 196 Å².